The van der Waals surface area contributed by atoms with Gasteiger partial charge in [0, 0.05) is 0 Å². The SMILES string of the molecule is C[C@H]([C@](C)(N)c1ncc(F)cn1)S(N)(=O)=O. The van der Waals surface area contributed by atoms with Crippen molar-refractivity contribution >= 4 is 10.0 Å². The molecule has 1 rings (SSSR count). The van der Waals surface area contributed by atoms with E-state index < -0.39 is 26.6 Å². The van der Waals surface area contributed by atoms with Crippen LogP contribution >= 0.6 is 0 Å². The van der Waals surface area contributed by atoms with Gasteiger partial charge in [-0.15, -0.1) is 0 Å². The van der Waals surface area contributed by atoms with Gasteiger partial charge in [-0.2, -0.15) is 0 Å². The Bertz CT molecular complexity index is 471. The summed E-state index contributed by atoms with van der Waals surface area (Å²) in [4.78, 5) is 7.31. The number of rotatable bonds is 3. The van der Waals surface area contributed by atoms with Gasteiger partial charge in [-0.05, 0) is 13.8 Å². The average Bonchev–Trinajstić information content (AvgIpc) is 2.16. The lowest BCUT2D eigenvalue weighted by atomic mass is 9.99. The summed E-state index contributed by atoms with van der Waals surface area (Å²) >= 11 is 0. The third kappa shape index (κ3) is 2.52. The van der Waals surface area contributed by atoms with Crippen LogP contribution in [-0.4, -0.2) is 23.6 Å². The molecule has 1 aromatic heterocycles. The van der Waals surface area contributed by atoms with Crippen molar-refractivity contribution in [2.75, 3.05) is 0 Å². The van der Waals surface area contributed by atoms with E-state index in [0.717, 1.165) is 12.4 Å². The van der Waals surface area contributed by atoms with Crippen molar-refractivity contribution in [3.8, 4) is 0 Å². The van der Waals surface area contributed by atoms with Crippen LogP contribution < -0.4 is 10.9 Å². The molecule has 1 aromatic rings. The second kappa shape index (κ2) is 4.04. The van der Waals surface area contributed by atoms with E-state index in [1.54, 1.807) is 0 Å². The second-order valence-corrected chi connectivity index (χ2v) is 5.62. The van der Waals surface area contributed by atoms with Crippen LogP contribution in [0.2, 0.25) is 0 Å². The zero-order valence-electron chi connectivity index (χ0n) is 8.88. The molecule has 0 fully saturated rings. The maximum Gasteiger partial charge on any atom is 0.213 e. The fourth-order valence-corrected chi connectivity index (χ4v) is 1.90. The molecule has 0 spiro atoms. The lowest BCUT2D eigenvalue weighted by Gasteiger charge is -2.27. The monoisotopic (exact) mass is 248 g/mol. The van der Waals surface area contributed by atoms with Crippen molar-refractivity contribution in [1.29, 1.82) is 0 Å². The molecule has 0 aromatic carbocycles. The molecule has 4 N–H and O–H groups in total. The summed E-state index contributed by atoms with van der Waals surface area (Å²) in [5, 5.41) is 3.92. The largest absolute Gasteiger partial charge is 0.318 e. The molecule has 90 valence electrons. The summed E-state index contributed by atoms with van der Waals surface area (Å²) in [7, 11) is -3.82. The Kier molecular flexibility index (Phi) is 3.27. The van der Waals surface area contributed by atoms with Gasteiger partial charge in [0.05, 0.1) is 23.2 Å². The highest BCUT2D eigenvalue weighted by Gasteiger charge is 2.38. The highest BCUT2D eigenvalue weighted by Crippen LogP contribution is 2.21. The van der Waals surface area contributed by atoms with Crippen LogP contribution in [0.3, 0.4) is 0 Å². The van der Waals surface area contributed by atoms with Gasteiger partial charge in [0.2, 0.25) is 10.0 Å². The molecule has 0 bridgehead atoms. The van der Waals surface area contributed by atoms with E-state index >= 15 is 0 Å². The molecule has 8 heteroatoms. The van der Waals surface area contributed by atoms with E-state index in [-0.39, 0.29) is 5.82 Å². The van der Waals surface area contributed by atoms with Gasteiger partial charge >= 0.3 is 0 Å². The fourth-order valence-electron chi connectivity index (χ4n) is 1.11. The lowest BCUT2D eigenvalue weighted by molar-refractivity contribution is 0.432. The molecule has 0 amide bonds. The maximum absolute atomic E-state index is 12.6. The predicted molar refractivity (Wildman–Crippen MR) is 56.1 cm³/mol. The van der Waals surface area contributed by atoms with Crippen LogP contribution in [0.25, 0.3) is 0 Å². The van der Waals surface area contributed by atoms with Gasteiger partial charge in [-0.25, -0.2) is 27.9 Å². The minimum atomic E-state index is -3.82. The zero-order chi connectivity index (χ0) is 12.6. The number of aromatic nitrogens is 2. The molecule has 0 unspecified atom stereocenters. The zero-order valence-corrected chi connectivity index (χ0v) is 9.70. The minimum Gasteiger partial charge on any atom is -0.318 e. The van der Waals surface area contributed by atoms with E-state index in [0.29, 0.717) is 0 Å². The molecule has 0 aliphatic heterocycles. The number of nitrogens with zero attached hydrogens (tertiary/aromatic N) is 2. The Hall–Kier alpha value is -1.12. The minimum absolute atomic E-state index is 0.0235. The molecule has 0 radical (unpaired) electrons. The third-order valence-corrected chi connectivity index (χ3v) is 3.91. The summed E-state index contributed by atoms with van der Waals surface area (Å²) in [5.41, 5.74) is 4.44. The van der Waals surface area contributed by atoms with Crippen LogP contribution in [0.5, 0.6) is 0 Å². The molecular formula is C8H13FN4O2S. The van der Waals surface area contributed by atoms with Crippen LogP contribution in [-0.2, 0) is 15.6 Å². The fraction of sp³-hybridized carbons (Fsp3) is 0.500. The number of hydrogen-bond acceptors (Lipinski definition) is 5. The van der Waals surface area contributed by atoms with Crippen molar-refractivity contribution < 1.29 is 12.8 Å². The standard InChI is InChI=1S/C8H13FN4O2S/c1-5(16(11,14)15)8(2,10)7-12-3-6(9)4-13-7/h3-5H,10H2,1-2H3,(H2,11,14,15)/t5-,8+/m1/s1. The Morgan fingerprint density at radius 2 is 1.88 bits per heavy atom. The molecular weight excluding hydrogens is 235 g/mol. The van der Waals surface area contributed by atoms with Gasteiger partial charge in [-0.1, -0.05) is 0 Å². The average molecular weight is 248 g/mol. The van der Waals surface area contributed by atoms with E-state index in [4.69, 9.17) is 10.9 Å². The Labute approximate surface area is 92.9 Å². The van der Waals surface area contributed by atoms with Crippen molar-refractivity contribution in [2.45, 2.75) is 24.6 Å². The van der Waals surface area contributed by atoms with Gasteiger partial charge in [0.15, 0.2) is 5.82 Å². The molecule has 1 heterocycles. The van der Waals surface area contributed by atoms with Crippen molar-refractivity contribution in [2.24, 2.45) is 10.9 Å². The third-order valence-electron chi connectivity index (χ3n) is 2.44. The summed E-state index contributed by atoms with van der Waals surface area (Å²) in [6.45, 7) is 2.78. The number of sulfonamides is 1. The first kappa shape index (κ1) is 12.9. The smallest absolute Gasteiger partial charge is 0.213 e. The van der Waals surface area contributed by atoms with Crippen LogP contribution in [0.4, 0.5) is 4.39 Å². The normalized spacial score (nSPS) is 17.8. The Morgan fingerprint density at radius 3 is 2.25 bits per heavy atom. The number of hydrogen-bond donors (Lipinski definition) is 2. The molecule has 16 heavy (non-hydrogen) atoms. The number of primary sulfonamides is 1. The van der Waals surface area contributed by atoms with Gasteiger partial charge in [0.25, 0.3) is 0 Å². The molecule has 0 aliphatic rings. The van der Waals surface area contributed by atoms with Crippen molar-refractivity contribution in [1.82, 2.24) is 9.97 Å². The first-order chi connectivity index (χ1) is 7.15. The molecule has 0 aliphatic carbocycles. The summed E-state index contributed by atoms with van der Waals surface area (Å²) in [6, 6.07) is 0. The van der Waals surface area contributed by atoms with E-state index in [2.05, 4.69) is 9.97 Å². The molecule has 0 saturated carbocycles. The highest BCUT2D eigenvalue weighted by molar-refractivity contribution is 7.89. The van der Waals surface area contributed by atoms with E-state index in [1.807, 2.05) is 0 Å². The molecule has 0 saturated heterocycles. The maximum atomic E-state index is 12.6. The first-order valence-corrected chi connectivity index (χ1v) is 6.05. The Morgan fingerprint density at radius 1 is 1.44 bits per heavy atom. The highest BCUT2D eigenvalue weighted by atomic mass is 32.2. The Balaban J connectivity index is 3.16. The lowest BCUT2D eigenvalue weighted by Crippen LogP contribution is -2.50. The summed E-state index contributed by atoms with van der Waals surface area (Å²) in [5.74, 6) is -0.599. The van der Waals surface area contributed by atoms with Crippen LogP contribution in [0.1, 0.15) is 19.7 Å². The quantitative estimate of drug-likeness (QED) is 0.746. The number of halogens is 1. The van der Waals surface area contributed by atoms with Gasteiger partial charge in [0.1, 0.15) is 5.82 Å². The summed E-state index contributed by atoms with van der Waals surface area (Å²) < 4.78 is 35.0. The van der Waals surface area contributed by atoms with Gasteiger partial charge < -0.3 is 5.73 Å². The topological polar surface area (TPSA) is 112 Å². The molecule has 2 atom stereocenters. The van der Waals surface area contributed by atoms with E-state index in [9.17, 15) is 12.8 Å². The van der Waals surface area contributed by atoms with Crippen molar-refractivity contribution in [3.63, 3.8) is 0 Å². The first-order valence-electron chi connectivity index (χ1n) is 4.44. The van der Waals surface area contributed by atoms with Crippen LogP contribution in [0, 0.1) is 5.82 Å². The second-order valence-electron chi connectivity index (χ2n) is 3.74. The van der Waals surface area contributed by atoms with E-state index in [1.165, 1.54) is 13.8 Å². The number of nitrogens with two attached hydrogens (primary N) is 2. The molecule has 6 nitrogen and oxygen atoms in total. The van der Waals surface area contributed by atoms with Crippen LogP contribution in [0.15, 0.2) is 12.4 Å². The predicted octanol–water partition coefficient (Wildman–Crippen LogP) is -0.533. The van der Waals surface area contributed by atoms with Gasteiger partial charge in [-0.3, -0.25) is 0 Å². The van der Waals surface area contributed by atoms with Crippen molar-refractivity contribution in [3.05, 3.63) is 24.0 Å². The summed E-state index contributed by atoms with van der Waals surface area (Å²) in [6.07, 6.45) is 1.84.